The van der Waals surface area contributed by atoms with Crippen LogP contribution in [-0.2, 0) is 12.0 Å². The number of aromatic nitrogens is 2. The molecule has 0 radical (unpaired) electrons. The molecule has 1 aromatic rings. The second-order valence-electron chi connectivity index (χ2n) is 4.24. The summed E-state index contributed by atoms with van der Waals surface area (Å²) in [7, 11) is 0. The molecule has 0 aliphatic rings. The van der Waals surface area contributed by atoms with E-state index < -0.39 is 0 Å². The lowest BCUT2D eigenvalue weighted by Gasteiger charge is -2.14. The summed E-state index contributed by atoms with van der Waals surface area (Å²) in [6, 6.07) is 0. The summed E-state index contributed by atoms with van der Waals surface area (Å²) in [5.41, 5.74) is 1.54. The molecule has 68 valence electrons. The number of aryl methyl sites for hydroxylation is 1. The molecule has 0 unspecified atom stereocenters. The van der Waals surface area contributed by atoms with Crippen LogP contribution >= 0.6 is 0 Å². The summed E-state index contributed by atoms with van der Waals surface area (Å²) in [6.07, 6.45) is 5.25. The first-order valence-electron chi connectivity index (χ1n) is 4.57. The van der Waals surface area contributed by atoms with Crippen LogP contribution in [0.5, 0.6) is 0 Å². The van der Waals surface area contributed by atoms with E-state index in [-0.39, 0.29) is 5.41 Å². The molecule has 0 atom stereocenters. The first-order chi connectivity index (χ1) is 5.54. The van der Waals surface area contributed by atoms with Crippen molar-refractivity contribution < 1.29 is 0 Å². The average Bonchev–Trinajstić information content (AvgIpc) is 2.35. The highest BCUT2D eigenvalue weighted by Crippen LogP contribution is 2.20. The van der Waals surface area contributed by atoms with Crippen molar-refractivity contribution in [1.82, 2.24) is 9.78 Å². The number of rotatable bonds is 2. The van der Waals surface area contributed by atoms with E-state index in [0.717, 1.165) is 13.0 Å². The van der Waals surface area contributed by atoms with Crippen molar-refractivity contribution in [1.29, 1.82) is 0 Å². The van der Waals surface area contributed by atoms with Gasteiger partial charge >= 0.3 is 0 Å². The Hall–Kier alpha value is -0.790. The van der Waals surface area contributed by atoms with E-state index >= 15 is 0 Å². The lowest BCUT2D eigenvalue weighted by molar-refractivity contribution is 0.578. The molecule has 0 saturated carbocycles. The summed E-state index contributed by atoms with van der Waals surface area (Å²) in [5, 5.41) is 4.29. The van der Waals surface area contributed by atoms with E-state index in [1.54, 1.807) is 0 Å². The fraction of sp³-hybridized carbons (Fsp3) is 0.700. The van der Waals surface area contributed by atoms with Gasteiger partial charge in [0.1, 0.15) is 0 Å². The molecule has 0 bridgehead atoms. The van der Waals surface area contributed by atoms with Gasteiger partial charge in [-0.15, -0.1) is 0 Å². The van der Waals surface area contributed by atoms with Crippen LogP contribution in [0.4, 0.5) is 0 Å². The minimum Gasteiger partial charge on any atom is -0.272 e. The zero-order valence-corrected chi connectivity index (χ0v) is 8.46. The summed E-state index contributed by atoms with van der Waals surface area (Å²) < 4.78 is 2.01. The summed E-state index contributed by atoms with van der Waals surface area (Å²) in [5.74, 6) is 0. The van der Waals surface area contributed by atoms with Gasteiger partial charge in [-0.2, -0.15) is 5.10 Å². The molecule has 12 heavy (non-hydrogen) atoms. The maximum atomic E-state index is 4.29. The minimum absolute atomic E-state index is 0.228. The van der Waals surface area contributed by atoms with Gasteiger partial charge in [0.2, 0.25) is 0 Å². The molecule has 1 aromatic heterocycles. The maximum absolute atomic E-state index is 4.29. The largest absolute Gasteiger partial charge is 0.272 e. The standard InChI is InChI=1S/C10H18N2/c1-5-6-12-8-9(7-11-12)10(2,3)4/h7-8H,5-6H2,1-4H3. The van der Waals surface area contributed by atoms with Gasteiger partial charge in [0.15, 0.2) is 0 Å². The Labute approximate surface area is 74.6 Å². The second-order valence-corrected chi connectivity index (χ2v) is 4.24. The van der Waals surface area contributed by atoms with Crippen LogP contribution in [0.25, 0.3) is 0 Å². The third-order valence-corrected chi connectivity index (χ3v) is 1.95. The molecule has 0 saturated heterocycles. The quantitative estimate of drug-likeness (QED) is 0.660. The van der Waals surface area contributed by atoms with E-state index in [1.165, 1.54) is 5.56 Å². The normalized spacial score (nSPS) is 12.0. The van der Waals surface area contributed by atoms with Crippen molar-refractivity contribution in [2.24, 2.45) is 0 Å². The van der Waals surface area contributed by atoms with E-state index in [9.17, 15) is 0 Å². The summed E-state index contributed by atoms with van der Waals surface area (Å²) >= 11 is 0. The van der Waals surface area contributed by atoms with E-state index in [4.69, 9.17) is 0 Å². The van der Waals surface area contributed by atoms with Gasteiger partial charge in [0.05, 0.1) is 6.20 Å². The Morgan fingerprint density at radius 1 is 1.42 bits per heavy atom. The van der Waals surface area contributed by atoms with Crippen molar-refractivity contribution >= 4 is 0 Å². The molecule has 0 amide bonds. The monoisotopic (exact) mass is 166 g/mol. The predicted molar refractivity (Wildman–Crippen MR) is 51.2 cm³/mol. The van der Waals surface area contributed by atoms with Crippen LogP contribution in [0.15, 0.2) is 12.4 Å². The minimum atomic E-state index is 0.228. The van der Waals surface area contributed by atoms with Gasteiger partial charge in [-0.05, 0) is 17.4 Å². The molecule has 0 aliphatic heterocycles. The molecule has 0 aromatic carbocycles. The number of hydrogen-bond acceptors (Lipinski definition) is 1. The Morgan fingerprint density at radius 3 is 2.50 bits per heavy atom. The van der Waals surface area contributed by atoms with E-state index in [0.29, 0.717) is 0 Å². The molecule has 2 nitrogen and oxygen atoms in total. The first kappa shape index (κ1) is 9.30. The van der Waals surface area contributed by atoms with Gasteiger partial charge in [-0.3, -0.25) is 4.68 Å². The zero-order valence-electron chi connectivity index (χ0n) is 8.46. The van der Waals surface area contributed by atoms with Gasteiger partial charge in [-0.1, -0.05) is 27.7 Å². The highest BCUT2D eigenvalue weighted by Gasteiger charge is 2.14. The van der Waals surface area contributed by atoms with Gasteiger partial charge in [0.25, 0.3) is 0 Å². The lowest BCUT2D eigenvalue weighted by atomic mass is 9.90. The molecule has 0 fully saturated rings. The fourth-order valence-electron chi connectivity index (χ4n) is 1.10. The van der Waals surface area contributed by atoms with Crippen molar-refractivity contribution in [2.75, 3.05) is 0 Å². The smallest absolute Gasteiger partial charge is 0.0527 e. The van der Waals surface area contributed by atoms with Crippen LogP contribution in [-0.4, -0.2) is 9.78 Å². The molecule has 0 spiro atoms. The average molecular weight is 166 g/mol. The summed E-state index contributed by atoms with van der Waals surface area (Å²) in [6.45, 7) is 9.81. The van der Waals surface area contributed by atoms with Gasteiger partial charge in [0, 0.05) is 12.7 Å². The third kappa shape index (κ3) is 2.10. The van der Waals surface area contributed by atoms with Crippen molar-refractivity contribution in [3.05, 3.63) is 18.0 Å². The summed E-state index contributed by atoms with van der Waals surface area (Å²) in [4.78, 5) is 0. The van der Waals surface area contributed by atoms with Crippen LogP contribution in [0, 0.1) is 0 Å². The molecule has 1 rings (SSSR count). The van der Waals surface area contributed by atoms with Crippen molar-refractivity contribution in [3.8, 4) is 0 Å². The number of nitrogens with zero attached hydrogens (tertiary/aromatic N) is 2. The molecule has 0 N–H and O–H groups in total. The Balaban J connectivity index is 2.77. The maximum Gasteiger partial charge on any atom is 0.0527 e. The molecule has 1 heterocycles. The van der Waals surface area contributed by atoms with Crippen LogP contribution < -0.4 is 0 Å². The predicted octanol–water partition coefficient (Wildman–Crippen LogP) is 2.59. The molecular weight excluding hydrogens is 148 g/mol. The second kappa shape index (κ2) is 3.30. The SMILES string of the molecule is CCCn1cc(C(C)(C)C)cn1. The third-order valence-electron chi connectivity index (χ3n) is 1.95. The highest BCUT2D eigenvalue weighted by molar-refractivity contribution is 5.14. The van der Waals surface area contributed by atoms with E-state index in [2.05, 4.69) is 39.0 Å². The Kier molecular flexibility index (Phi) is 2.55. The molecule has 2 heteroatoms. The van der Waals surface area contributed by atoms with Gasteiger partial charge < -0.3 is 0 Å². The number of hydrogen-bond donors (Lipinski definition) is 0. The zero-order chi connectivity index (χ0) is 9.19. The van der Waals surface area contributed by atoms with Gasteiger partial charge in [-0.25, -0.2) is 0 Å². The first-order valence-corrected chi connectivity index (χ1v) is 4.57. The topological polar surface area (TPSA) is 17.8 Å². The van der Waals surface area contributed by atoms with Crippen molar-refractivity contribution in [2.45, 2.75) is 46.1 Å². The lowest BCUT2D eigenvalue weighted by Crippen LogP contribution is -2.09. The fourth-order valence-corrected chi connectivity index (χ4v) is 1.10. The Bertz CT molecular complexity index is 243. The molecular formula is C10H18N2. The van der Waals surface area contributed by atoms with E-state index in [1.807, 2.05) is 10.9 Å². The van der Waals surface area contributed by atoms with Crippen LogP contribution in [0.3, 0.4) is 0 Å². The highest BCUT2D eigenvalue weighted by atomic mass is 15.3. The van der Waals surface area contributed by atoms with Crippen molar-refractivity contribution in [3.63, 3.8) is 0 Å². The Morgan fingerprint density at radius 2 is 2.08 bits per heavy atom. The molecule has 0 aliphatic carbocycles. The van der Waals surface area contributed by atoms with Crippen LogP contribution in [0.2, 0.25) is 0 Å². The van der Waals surface area contributed by atoms with Crippen LogP contribution in [0.1, 0.15) is 39.7 Å².